The minimum Gasteiger partial charge on any atom is -0.348 e. The maximum atomic E-state index is 12.6. The number of carbonyl (C=O) groups is 1. The average Bonchev–Trinajstić information content (AvgIpc) is 2.90. The Kier molecular flexibility index (Phi) is 6.09. The minimum absolute atomic E-state index is 0.115. The maximum Gasteiger partial charge on any atom is 0.270 e. The normalized spacial score (nSPS) is 15.8. The van der Waals surface area contributed by atoms with E-state index in [0.29, 0.717) is 11.6 Å². The highest BCUT2D eigenvalue weighted by Crippen LogP contribution is 2.24. The molecule has 1 aliphatic carbocycles. The van der Waals surface area contributed by atoms with E-state index in [-0.39, 0.29) is 17.4 Å². The predicted molar refractivity (Wildman–Crippen MR) is 109 cm³/mol. The maximum absolute atomic E-state index is 12.6. The summed E-state index contributed by atoms with van der Waals surface area (Å²) in [5, 5.41) is 6.32. The third-order valence-electron chi connectivity index (χ3n) is 5.09. The van der Waals surface area contributed by atoms with Crippen molar-refractivity contribution < 1.29 is 4.79 Å². The van der Waals surface area contributed by atoms with Crippen LogP contribution >= 0.6 is 0 Å². The van der Waals surface area contributed by atoms with Crippen LogP contribution in [0, 0.1) is 0 Å². The summed E-state index contributed by atoms with van der Waals surface area (Å²) in [6, 6.07) is 10.2. The Balaban J connectivity index is 1.65. The summed E-state index contributed by atoms with van der Waals surface area (Å²) in [6.45, 7) is 6.57. The zero-order valence-electron chi connectivity index (χ0n) is 16.6. The van der Waals surface area contributed by atoms with Gasteiger partial charge in [0.2, 0.25) is 5.95 Å². The number of carbonyl (C=O) groups excluding carboxylic acids is 1. The number of rotatable bonds is 4. The Morgan fingerprint density at radius 3 is 2.30 bits per heavy atom. The van der Waals surface area contributed by atoms with Crippen molar-refractivity contribution in [3.8, 4) is 0 Å². The number of nitrogens with one attached hydrogen (secondary N) is 2. The molecule has 1 amide bonds. The second kappa shape index (κ2) is 8.51. The topological polar surface area (TPSA) is 66.9 Å². The zero-order valence-corrected chi connectivity index (χ0v) is 16.6. The van der Waals surface area contributed by atoms with E-state index in [9.17, 15) is 4.79 Å². The highest BCUT2D eigenvalue weighted by atomic mass is 16.1. The van der Waals surface area contributed by atoms with Crippen LogP contribution in [0.5, 0.6) is 0 Å². The van der Waals surface area contributed by atoms with Crippen molar-refractivity contribution in [2.75, 3.05) is 5.32 Å². The van der Waals surface area contributed by atoms with E-state index in [1.807, 2.05) is 12.1 Å². The molecule has 1 heterocycles. The molecule has 0 bridgehead atoms. The van der Waals surface area contributed by atoms with Gasteiger partial charge in [0, 0.05) is 17.9 Å². The molecule has 5 heteroatoms. The van der Waals surface area contributed by atoms with E-state index in [0.717, 1.165) is 18.5 Å². The lowest BCUT2D eigenvalue weighted by Crippen LogP contribution is -2.35. The van der Waals surface area contributed by atoms with Gasteiger partial charge >= 0.3 is 0 Å². The average molecular weight is 367 g/mol. The molecule has 1 aromatic carbocycles. The lowest BCUT2D eigenvalue weighted by Gasteiger charge is -2.19. The molecule has 0 unspecified atom stereocenters. The summed E-state index contributed by atoms with van der Waals surface area (Å²) in [5.41, 5.74) is 2.70. The third-order valence-corrected chi connectivity index (χ3v) is 5.09. The standard InChI is InChI=1S/C22H30N4O/c1-22(2,3)16-10-12-18(13-11-16)25-21-23-15-14-19(26-21)20(27)24-17-8-6-4-5-7-9-17/h10-15,17H,4-9H2,1-3H3,(H,24,27)(H,23,25,26). The molecule has 1 fully saturated rings. The van der Waals surface area contributed by atoms with E-state index in [1.54, 1.807) is 12.3 Å². The minimum atomic E-state index is -0.115. The molecule has 1 saturated carbocycles. The van der Waals surface area contributed by atoms with E-state index in [4.69, 9.17) is 0 Å². The largest absolute Gasteiger partial charge is 0.348 e. The second-order valence-electron chi connectivity index (χ2n) is 8.38. The zero-order chi connectivity index (χ0) is 19.3. The van der Waals surface area contributed by atoms with Crippen molar-refractivity contribution in [2.24, 2.45) is 0 Å². The smallest absolute Gasteiger partial charge is 0.270 e. The Hall–Kier alpha value is -2.43. The van der Waals surface area contributed by atoms with Gasteiger partial charge in [0.1, 0.15) is 5.69 Å². The first kappa shape index (κ1) is 19.3. The fraction of sp³-hybridized carbons (Fsp3) is 0.500. The van der Waals surface area contributed by atoms with Crippen molar-refractivity contribution in [1.29, 1.82) is 0 Å². The number of anilines is 2. The molecule has 0 spiro atoms. The fourth-order valence-corrected chi connectivity index (χ4v) is 3.41. The van der Waals surface area contributed by atoms with Crippen molar-refractivity contribution in [3.05, 3.63) is 47.8 Å². The van der Waals surface area contributed by atoms with Gasteiger partial charge in [-0.15, -0.1) is 0 Å². The van der Waals surface area contributed by atoms with Crippen LogP contribution in [0.15, 0.2) is 36.5 Å². The lowest BCUT2D eigenvalue weighted by molar-refractivity contribution is 0.0928. The number of benzene rings is 1. The van der Waals surface area contributed by atoms with Crippen molar-refractivity contribution in [3.63, 3.8) is 0 Å². The fourth-order valence-electron chi connectivity index (χ4n) is 3.41. The molecule has 2 N–H and O–H groups in total. The first-order chi connectivity index (χ1) is 12.9. The highest BCUT2D eigenvalue weighted by Gasteiger charge is 2.17. The van der Waals surface area contributed by atoms with Gasteiger partial charge in [-0.1, -0.05) is 58.6 Å². The molecular formula is C22H30N4O. The number of nitrogens with zero attached hydrogens (tertiary/aromatic N) is 2. The number of amides is 1. The summed E-state index contributed by atoms with van der Waals surface area (Å²) < 4.78 is 0. The molecule has 27 heavy (non-hydrogen) atoms. The number of aromatic nitrogens is 2. The predicted octanol–water partition coefficient (Wildman–Crippen LogP) is 4.97. The molecule has 1 aliphatic rings. The first-order valence-corrected chi connectivity index (χ1v) is 9.93. The molecule has 1 aromatic heterocycles. The van der Waals surface area contributed by atoms with Gasteiger partial charge in [0.05, 0.1) is 0 Å². The van der Waals surface area contributed by atoms with E-state index < -0.39 is 0 Å². The van der Waals surface area contributed by atoms with Crippen LogP contribution in [0.1, 0.15) is 75.3 Å². The SMILES string of the molecule is CC(C)(C)c1ccc(Nc2nccc(C(=O)NC3CCCCCC3)n2)cc1. The molecule has 144 valence electrons. The van der Waals surface area contributed by atoms with Crippen LogP contribution in [0.3, 0.4) is 0 Å². The van der Waals surface area contributed by atoms with E-state index in [2.05, 4.69) is 53.5 Å². The van der Waals surface area contributed by atoms with Gasteiger partial charge in [-0.3, -0.25) is 4.79 Å². The molecular weight excluding hydrogens is 336 g/mol. The Bertz CT molecular complexity index is 757. The number of hydrogen-bond acceptors (Lipinski definition) is 4. The Morgan fingerprint density at radius 2 is 1.67 bits per heavy atom. The monoisotopic (exact) mass is 366 g/mol. The highest BCUT2D eigenvalue weighted by molar-refractivity contribution is 5.92. The van der Waals surface area contributed by atoms with Crippen LogP contribution in [-0.4, -0.2) is 21.9 Å². The lowest BCUT2D eigenvalue weighted by atomic mass is 9.87. The molecule has 0 radical (unpaired) electrons. The van der Waals surface area contributed by atoms with Gasteiger partial charge in [-0.2, -0.15) is 0 Å². The van der Waals surface area contributed by atoms with Gasteiger partial charge in [-0.25, -0.2) is 9.97 Å². The molecule has 2 aromatic rings. The van der Waals surface area contributed by atoms with Crippen LogP contribution in [0.4, 0.5) is 11.6 Å². The summed E-state index contributed by atoms with van der Waals surface area (Å²) >= 11 is 0. The van der Waals surface area contributed by atoms with Crippen LogP contribution < -0.4 is 10.6 Å². The summed E-state index contributed by atoms with van der Waals surface area (Å²) in [7, 11) is 0. The summed E-state index contributed by atoms with van der Waals surface area (Å²) in [4.78, 5) is 21.2. The molecule has 0 atom stereocenters. The Labute approximate surface area is 162 Å². The van der Waals surface area contributed by atoms with Gasteiger partial charge in [-0.05, 0) is 42.0 Å². The number of hydrogen-bond donors (Lipinski definition) is 2. The van der Waals surface area contributed by atoms with Crippen molar-refractivity contribution in [2.45, 2.75) is 70.8 Å². The van der Waals surface area contributed by atoms with Crippen molar-refractivity contribution >= 4 is 17.5 Å². The summed E-state index contributed by atoms with van der Waals surface area (Å²) in [5.74, 6) is 0.322. The summed E-state index contributed by atoms with van der Waals surface area (Å²) in [6.07, 6.45) is 8.65. The van der Waals surface area contributed by atoms with Crippen LogP contribution in [0.25, 0.3) is 0 Å². The van der Waals surface area contributed by atoms with Gasteiger partial charge < -0.3 is 10.6 Å². The molecule has 0 saturated heterocycles. The van der Waals surface area contributed by atoms with Crippen LogP contribution in [-0.2, 0) is 5.41 Å². The van der Waals surface area contributed by atoms with E-state index >= 15 is 0 Å². The molecule has 5 nitrogen and oxygen atoms in total. The third kappa shape index (κ3) is 5.52. The van der Waals surface area contributed by atoms with Gasteiger partial charge in [0.25, 0.3) is 5.91 Å². The quantitative estimate of drug-likeness (QED) is 0.750. The van der Waals surface area contributed by atoms with Gasteiger partial charge in [0.15, 0.2) is 0 Å². The molecule has 3 rings (SSSR count). The van der Waals surface area contributed by atoms with Crippen LogP contribution in [0.2, 0.25) is 0 Å². The van der Waals surface area contributed by atoms with E-state index in [1.165, 1.54) is 31.2 Å². The first-order valence-electron chi connectivity index (χ1n) is 9.93. The van der Waals surface area contributed by atoms with Crippen molar-refractivity contribution in [1.82, 2.24) is 15.3 Å². The molecule has 0 aliphatic heterocycles. The second-order valence-corrected chi connectivity index (χ2v) is 8.38. The Morgan fingerprint density at radius 1 is 1.00 bits per heavy atom.